The summed E-state index contributed by atoms with van der Waals surface area (Å²) < 4.78 is 5.54. The lowest BCUT2D eigenvalue weighted by Gasteiger charge is -2.21. The maximum atomic E-state index is 12.7. The lowest BCUT2D eigenvalue weighted by molar-refractivity contribution is 0.563. The van der Waals surface area contributed by atoms with Crippen LogP contribution in [-0.4, -0.2) is 10.7 Å². The zero-order valence-corrected chi connectivity index (χ0v) is 20.3. The number of hydrogen-bond donors (Lipinski definition) is 0. The van der Waals surface area contributed by atoms with E-state index in [1.54, 1.807) is 6.07 Å². The van der Waals surface area contributed by atoms with E-state index in [1.165, 1.54) is 28.0 Å². The molecule has 1 unspecified atom stereocenters. The second-order valence-corrected chi connectivity index (χ2v) is 9.73. The molecule has 0 amide bonds. The van der Waals surface area contributed by atoms with Gasteiger partial charge in [0.1, 0.15) is 5.58 Å². The van der Waals surface area contributed by atoms with Crippen molar-refractivity contribution in [3.05, 3.63) is 117 Å². The first-order valence-electron chi connectivity index (χ1n) is 11.5. The molecular formula is C29H23N3O2S. The van der Waals surface area contributed by atoms with Gasteiger partial charge in [-0.25, -0.2) is 14.8 Å². The number of aryl methyl sites for hydroxylation is 2. The van der Waals surface area contributed by atoms with Crippen molar-refractivity contribution in [1.29, 1.82) is 0 Å². The summed E-state index contributed by atoms with van der Waals surface area (Å²) in [7, 11) is 0. The largest absolute Gasteiger partial charge is 0.422 e. The van der Waals surface area contributed by atoms with Crippen molar-refractivity contribution in [2.75, 3.05) is 5.01 Å². The maximum absolute atomic E-state index is 12.7. The minimum absolute atomic E-state index is 0.0268. The molecule has 0 fully saturated rings. The van der Waals surface area contributed by atoms with E-state index in [9.17, 15) is 4.79 Å². The number of hydrazone groups is 1. The first-order valence-corrected chi connectivity index (χ1v) is 12.4. The first kappa shape index (κ1) is 21.5. The van der Waals surface area contributed by atoms with Gasteiger partial charge < -0.3 is 4.42 Å². The van der Waals surface area contributed by atoms with Gasteiger partial charge in [0.2, 0.25) is 5.13 Å². The first-order chi connectivity index (χ1) is 17.0. The lowest BCUT2D eigenvalue weighted by atomic mass is 9.97. The average Bonchev–Trinajstić information content (AvgIpc) is 3.52. The zero-order chi connectivity index (χ0) is 23.9. The zero-order valence-electron chi connectivity index (χ0n) is 19.4. The number of hydrogen-bond acceptors (Lipinski definition) is 6. The molecule has 1 aliphatic rings. The molecule has 5 nitrogen and oxygen atoms in total. The third-order valence-electron chi connectivity index (χ3n) is 6.36. The second kappa shape index (κ2) is 8.64. The number of thiazole rings is 1. The fourth-order valence-electron chi connectivity index (χ4n) is 4.39. The molecular weight excluding hydrogens is 454 g/mol. The van der Waals surface area contributed by atoms with Gasteiger partial charge >= 0.3 is 5.63 Å². The summed E-state index contributed by atoms with van der Waals surface area (Å²) in [6, 6.07) is 26.4. The number of rotatable bonds is 4. The highest BCUT2D eigenvalue weighted by molar-refractivity contribution is 7.14. The molecule has 1 aliphatic heterocycles. The van der Waals surface area contributed by atoms with Crippen molar-refractivity contribution >= 4 is 33.1 Å². The van der Waals surface area contributed by atoms with Crippen molar-refractivity contribution in [2.24, 2.45) is 5.10 Å². The maximum Gasteiger partial charge on any atom is 0.345 e. The normalized spacial score (nSPS) is 15.5. The van der Waals surface area contributed by atoms with E-state index >= 15 is 0 Å². The minimum atomic E-state index is -0.388. The Morgan fingerprint density at radius 3 is 2.43 bits per heavy atom. The number of aromatic nitrogens is 1. The van der Waals surface area contributed by atoms with E-state index in [1.807, 2.05) is 34.7 Å². The molecule has 0 aliphatic carbocycles. The Balaban J connectivity index is 1.41. The van der Waals surface area contributed by atoms with Gasteiger partial charge in [-0.2, -0.15) is 5.10 Å². The molecule has 3 aromatic carbocycles. The number of para-hydroxylation sites is 1. The number of nitrogens with zero attached hydrogens (tertiary/aromatic N) is 3. The van der Waals surface area contributed by atoms with Crippen LogP contribution in [0.3, 0.4) is 0 Å². The summed E-state index contributed by atoms with van der Waals surface area (Å²) in [5.41, 5.74) is 7.01. The summed E-state index contributed by atoms with van der Waals surface area (Å²) in [5, 5.41) is 10.5. The van der Waals surface area contributed by atoms with Gasteiger partial charge in [-0.1, -0.05) is 77.9 Å². The van der Waals surface area contributed by atoms with Crippen LogP contribution in [0.2, 0.25) is 0 Å². The van der Waals surface area contributed by atoms with Crippen LogP contribution in [0.15, 0.2) is 98.6 Å². The standard InChI is InChI=1S/C29H23N3O2S/c1-18-7-11-20(12-8-18)24-16-26(21-13-9-19(2)10-14-21)32(31-24)29-30-25(17-35-29)23-15-22-5-3-4-6-27(22)34-28(23)33/h3-15,17,26H,16H2,1-2H3. The van der Waals surface area contributed by atoms with Crippen LogP contribution in [0.4, 0.5) is 5.13 Å². The Morgan fingerprint density at radius 2 is 1.66 bits per heavy atom. The monoisotopic (exact) mass is 477 g/mol. The summed E-state index contributed by atoms with van der Waals surface area (Å²) in [5.74, 6) is 0. The summed E-state index contributed by atoms with van der Waals surface area (Å²) in [6.45, 7) is 4.18. The van der Waals surface area contributed by atoms with Crippen LogP contribution in [-0.2, 0) is 0 Å². The highest BCUT2D eigenvalue weighted by Gasteiger charge is 2.32. The molecule has 0 saturated heterocycles. The van der Waals surface area contributed by atoms with E-state index < -0.39 is 0 Å². The molecule has 3 heterocycles. The van der Waals surface area contributed by atoms with Crippen molar-refractivity contribution in [1.82, 2.24) is 4.98 Å². The predicted octanol–water partition coefficient (Wildman–Crippen LogP) is 6.89. The van der Waals surface area contributed by atoms with Gasteiger partial charge in [-0.3, -0.25) is 0 Å². The molecule has 0 radical (unpaired) electrons. The van der Waals surface area contributed by atoms with Crippen LogP contribution < -0.4 is 10.6 Å². The Bertz CT molecular complexity index is 1610. The van der Waals surface area contributed by atoms with E-state index in [0.29, 0.717) is 16.8 Å². The van der Waals surface area contributed by atoms with Crippen LogP contribution in [0.5, 0.6) is 0 Å². The molecule has 0 spiro atoms. The lowest BCUT2D eigenvalue weighted by Crippen LogP contribution is -2.18. The van der Waals surface area contributed by atoms with E-state index in [-0.39, 0.29) is 11.7 Å². The molecule has 0 bridgehead atoms. The van der Waals surface area contributed by atoms with E-state index in [0.717, 1.165) is 28.2 Å². The van der Waals surface area contributed by atoms with Crippen LogP contribution >= 0.6 is 11.3 Å². The van der Waals surface area contributed by atoms with Gasteiger partial charge in [0.15, 0.2) is 0 Å². The predicted molar refractivity (Wildman–Crippen MR) is 142 cm³/mol. The number of benzene rings is 3. The Kier molecular flexibility index (Phi) is 5.30. The minimum Gasteiger partial charge on any atom is -0.422 e. The molecule has 6 heteroatoms. The highest BCUT2D eigenvalue weighted by Crippen LogP contribution is 2.39. The molecule has 172 valence electrons. The molecule has 35 heavy (non-hydrogen) atoms. The molecule has 1 atom stereocenters. The summed E-state index contributed by atoms with van der Waals surface area (Å²) in [4.78, 5) is 17.5. The SMILES string of the molecule is Cc1ccc(C2=NN(c3nc(-c4cc5ccccc5oc4=O)cs3)C(c3ccc(C)cc3)C2)cc1. The van der Waals surface area contributed by atoms with Gasteiger partial charge in [0, 0.05) is 17.2 Å². The molecule has 2 aromatic heterocycles. The Labute approximate surface area is 207 Å². The fraction of sp³-hybridized carbons (Fsp3) is 0.138. The fourth-order valence-corrected chi connectivity index (χ4v) is 5.21. The summed E-state index contributed by atoms with van der Waals surface area (Å²) in [6.07, 6.45) is 0.777. The van der Waals surface area contributed by atoms with Crippen molar-refractivity contribution in [2.45, 2.75) is 26.3 Å². The number of fused-ring (bicyclic) bond motifs is 1. The summed E-state index contributed by atoms with van der Waals surface area (Å²) >= 11 is 1.48. The average molecular weight is 478 g/mol. The smallest absolute Gasteiger partial charge is 0.345 e. The van der Waals surface area contributed by atoms with Gasteiger partial charge in [0.05, 0.1) is 23.0 Å². The second-order valence-electron chi connectivity index (χ2n) is 8.89. The Hall–Kier alpha value is -4.03. The number of anilines is 1. The molecule has 5 aromatic rings. The quantitative estimate of drug-likeness (QED) is 0.265. The van der Waals surface area contributed by atoms with Crippen molar-refractivity contribution < 1.29 is 4.42 Å². The molecule has 0 saturated carbocycles. The van der Waals surface area contributed by atoms with E-state index in [4.69, 9.17) is 14.5 Å². The van der Waals surface area contributed by atoms with Crippen molar-refractivity contribution in [3.8, 4) is 11.3 Å². The third kappa shape index (κ3) is 4.06. The van der Waals surface area contributed by atoms with Crippen LogP contribution in [0.1, 0.15) is 34.7 Å². The molecule has 6 rings (SSSR count). The van der Waals surface area contributed by atoms with Crippen LogP contribution in [0.25, 0.3) is 22.2 Å². The topological polar surface area (TPSA) is 58.7 Å². The highest BCUT2D eigenvalue weighted by atomic mass is 32.1. The van der Waals surface area contributed by atoms with Crippen molar-refractivity contribution in [3.63, 3.8) is 0 Å². The third-order valence-corrected chi connectivity index (χ3v) is 7.19. The van der Waals surface area contributed by atoms with Gasteiger partial charge in [-0.05, 0) is 37.1 Å². The molecule has 0 N–H and O–H groups in total. The van der Waals surface area contributed by atoms with E-state index in [2.05, 4.69) is 62.4 Å². The van der Waals surface area contributed by atoms with Gasteiger partial charge in [0.25, 0.3) is 0 Å². The Morgan fingerprint density at radius 1 is 0.943 bits per heavy atom. The van der Waals surface area contributed by atoms with Crippen LogP contribution in [0, 0.1) is 13.8 Å². The van der Waals surface area contributed by atoms with Gasteiger partial charge in [-0.15, -0.1) is 11.3 Å².